The van der Waals surface area contributed by atoms with Crippen molar-refractivity contribution < 1.29 is 0 Å². The molecule has 2 N–H and O–H groups in total. The van der Waals surface area contributed by atoms with Crippen LogP contribution in [0.1, 0.15) is 37.5 Å². The molecule has 0 aliphatic rings. The molecular formula is C16H28N2. The number of hydrogen-bond acceptors (Lipinski definition) is 2. The lowest BCUT2D eigenvalue weighted by molar-refractivity contribution is 0.183. The van der Waals surface area contributed by atoms with E-state index in [1.54, 1.807) is 0 Å². The van der Waals surface area contributed by atoms with Gasteiger partial charge in [0.1, 0.15) is 0 Å². The van der Waals surface area contributed by atoms with Crippen LogP contribution in [0.5, 0.6) is 0 Å². The van der Waals surface area contributed by atoms with Gasteiger partial charge in [-0.25, -0.2) is 0 Å². The van der Waals surface area contributed by atoms with E-state index < -0.39 is 0 Å². The number of aryl methyl sites for hydroxylation is 2. The van der Waals surface area contributed by atoms with E-state index >= 15 is 0 Å². The summed E-state index contributed by atoms with van der Waals surface area (Å²) in [6.07, 6.45) is 0. The molecule has 0 saturated carbocycles. The number of hydrogen-bond donors (Lipinski definition) is 1. The Hall–Kier alpha value is -0.860. The van der Waals surface area contributed by atoms with Crippen LogP contribution in [0.3, 0.4) is 0 Å². The van der Waals surface area contributed by atoms with E-state index in [-0.39, 0.29) is 5.41 Å². The summed E-state index contributed by atoms with van der Waals surface area (Å²) in [5, 5.41) is 0. The number of nitrogens with zero attached hydrogens (tertiary/aromatic N) is 1. The molecule has 0 saturated heterocycles. The van der Waals surface area contributed by atoms with Crippen LogP contribution in [-0.4, -0.2) is 24.5 Å². The smallest absolute Gasteiger partial charge is 0.0236 e. The minimum absolute atomic E-state index is 0.189. The highest BCUT2D eigenvalue weighted by Crippen LogP contribution is 2.18. The third kappa shape index (κ3) is 4.43. The van der Waals surface area contributed by atoms with E-state index in [9.17, 15) is 0 Å². The molecule has 0 fully saturated rings. The van der Waals surface area contributed by atoms with Gasteiger partial charge >= 0.3 is 0 Å². The van der Waals surface area contributed by atoms with E-state index in [1.165, 1.54) is 16.7 Å². The average molecular weight is 248 g/mol. The Morgan fingerprint density at radius 3 is 2.39 bits per heavy atom. The number of benzene rings is 1. The fraction of sp³-hybridized carbons (Fsp3) is 0.625. The van der Waals surface area contributed by atoms with Gasteiger partial charge in [-0.05, 0) is 43.5 Å². The molecular weight excluding hydrogens is 220 g/mol. The lowest BCUT2D eigenvalue weighted by Crippen LogP contribution is -2.38. The van der Waals surface area contributed by atoms with Crippen molar-refractivity contribution in [2.75, 3.05) is 19.6 Å². The largest absolute Gasteiger partial charge is 0.330 e. The molecule has 0 heterocycles. The van der Waals surface area contributed by atoms with Gasteiger partial charge in [0, 0.05) is 13.1 Å². The minimum atomic E-state index is 0.189. The molecule has 0 atom stereocenters. The first-order chi connectivity index (χ1) is 8.38. The van der Waals surface area contributed by atoms with Crippen LogP contribution in [-0.2, 0) is 6.54 Å². The van der Waals surface area contributed by atoms with Crippen molar-refractivity contribution in [1.82, 2.24) is 4.90 Å². The molecule has 0 aliphatic carbocycles. The molecule has 0 aliphatic heterocycles. The van der Waals surface area contributed by atoms with E-state index in [0.717, 1.165) is 26.2 Å². The third-order valence-electron chi connectivity index (χ3n) is 3.54. The van der Waals surface area contributed by atoms with Gasteiger partial charge in [-0.1, -0.05) is 44.5 Å². The van der Waals surface area contributed by atoms with Gasteiger partial charge in [0.15, 0.2) is 0 Å². The zero-order chi connectivity index (χ0) is 13.8. The first-order valence-corrected chi connectivity index (χ1v) is 6.86. The highest BCUT2D eigenvalue weighted by molar-refractivity contribution is 5.30. The summed E-state index contributed by atoms with van der Waals surface area (Å²) in [6, 6.07) is 6.71. The van der Waals surface area contributed by atoms with Crippen molar-refractivity contribution in [3.63, 3.8) is 0 Å². The first kappa shape index (κ1) is 15.2. The predicted octanol–water partition coefficient (Wildman–Crippen LogP) is 3.11. The van der Waals surface area contributed by atoms with Crippen molar-refractivity contribution in [1.29, 1.82) is 0 Å². The van der Waals surface area contributed by atoms with Gasteiger partial charge in [0.2, 0.25) is 0 Å². The van der Waals surface area contributed by atoms with Crippen molar-refractivity contribution in [3.8, 4) is 0 Å². The topological polar surface area (TPSA) is 29.3 Å². The molecule has 0 amide bonds. The van der Waals surface area contributed by atoms with E-state index in [1.807, 2.05) is 0 Å². The van der Waals surface area contributed by atoms with E-state index in [2.05, 4.69) is 57.7 Å². The maximum atomic E-state index is 5.83. The molecule has 0 radical (unpaired) electrons. The fourth-order valence-electron chi connectivity index (χ4n) is 2.21. The highest BCUT2D eigenvalue weighted by atomic mass is 15.1. The standard InChI is InChI=1S/C16H28N2/c1-6-18(12-16(4,5)11-17)10-15-8-7-13(2)9-14(15)3/h7-9H,6,10-12,17H2,1-5H3. The van der Waals surface area contributed by atoms with Gasteiger partial charge in [-0.3, -0.25) is 4.90 Å². The van der Waals surface area contributed by atoms with Crippen LogP contribution in [0, 0.1) is 19.3 Å². The average Bonchev–Trinajstić information content (AvgIpc) is 2.31. The Morgan fingerprint density at radius 1 is 1.22 bits per heavy atom. The lowest BCUT2D eigenvalue weighted by atomic mass is 9.92. The zero-order valence-electron chi connectivity index (χ0n) is 12.6. The number of rotatable bonds is 6. The van der Waals surface area contributed by atoms with Crippen LogP contribution in [0.4, 0.5) is 0 Å². The minimum Gasteiger partial charge on any atom is -0.330 e. The Balaban J connectivity index is 2.74. The Kier molecular flexibility index (Phi) is 5.36. The Morgan fingerprint density at radius 2 is 1.89 bits per heavy atom. The van der Waals surface area contributed by atoms with Gasteiger partial charge in [0.25, 0.3) is 0 Å². The molecule has 0 aromatic heterocycles. The maximum Gasteiger partial charge on any atom is 0.0236 e. The summed E-state index contributed by atoms with van der Waals surface area (Å²) >= 11 is 0. The normalized spacial score (nSPS) is 12.2. The Labute approximate surface area is 112 Å². The summed E-state index contributed by atoms with van der Waals surface area (Å²) in [6.45, 7) is 14.9. The molecule has 0 bridgehead atoms. The zero-order valence-corrected chi connectivity index (χ0v) is 12.6. The van der Waals surface area contributed by atoms with E-state index in [0.29, 0.717) is 0 Å². The van der Waals surface area contributed by atoms with Crippen LogP contribution in [0.25, 0.3) is 0 Å². The van der Waals surface area contributed by atoms with Crippen LogP contribution in [0.15, 0.2) is 18.2 Å². The predicted molar refractivity (Wildman–Crippen MR) is 79.7 cm³/mol. The molecule has 102 valence electrons. The SMILES string of the molecule is CCN(Cc1ccc(C)cc1C)CC(C)(C)CN. The lowest BCUT2D eigenvalue weighted by Gasteiger charge is -2.31. The molecule has 2 heteroatoms. The van der Waals surface area contributed by atoms with Crippen LogP contribution >= 0.6 is 0 Å². The summed E-state index contributed by atoms with van der Waals surface area (Å²) in [5.74, 6) is 0. The van der Waals surface area contributed by atoms with Crippen molar-refractivity contribution in [2.24, 2.45) is 11.1 Å². The van der Waals surface area contributed by atoms with E-state index in [4.69, 9.17) is 5.73 Å². The second-order valence-corrected chi connectivity index (χ2v) is 6.10. The monoisotopic (exact) mass is 248 g/mol. The number of nitrogens with two attached hydrogens (primary N) is 1. The van der Waals surface area contributed by atoms with Gasteiger partial charge in [0.05, 0.1) is 0 Å². The fourth-order valence-corrected chi connectivity index (χ4v) is 2.21. The van der Waals surface area contributed by atoms with Gasteiger partial charge in [-0.2, -0.15) is 0 Å². The first-order valence-electron chi connectivity index (χ1n) is 6.86. The van der Waals surface area contributed by atoms with Gasteiger partial charge in [-0.15, -0.1) is 0 Å². The maximum absolute atomic E-state index is 5.83. The highest BCUT2D eigenvalue weighted by Gasteiger charge is 2.19. The molecule has 0 unspecified atom stereocenters. The molecule has 1 aromatic rings. The molecule has 1 rings (SSSR count). The van der Waals surface area contributed by atoms with Crippen LogP contribution < -0.4 is 5.73 Å². The molecule has 18 heavy (non-hydrogen) atoms. The molecule has 2 nitrogen and oxygen atoms in total. The summed E-state index contributed by atoms with van der Waals surface area (Å²) in [4.78, 5) is 2.48. The molecule has 0 spiro atoms. The second kappa shape index (κ2) is 6.35. The Bertz CT molecular complexity index is 383. The van der Waals surface area contributed by atoms with Crippen molar-refractivity contribution >= 4 is 0 Å². The van der Waals surface area contributed by atoms with Crippen molar-refractivity contribution in [3.05, 3.63) is 34.9 Å². The van der Waals surface area contributed by atoms with Crippen LogP contribution in [0.2, 0.25) is 0 Å². The quantitative estimate of drug-likeness (QED) is 0.838. The van der Waals surface area contributed by atoms with Gasteiger partial charge < -0.3 is 5.73 Å². The second-order valence-electron chi connectivity index (χ2n) is 6.10. The summed E-state index contributed by atoms with van der Waals surface area (Å²) in [7, 11) is 0. The molecule has 1 aromatic carbocycles. The summed E-state index contributed by atoms with van der Waals surface area (Å²) in [5.41, 5.74) is 10.2. The third-order valence-corrected chi connectivity index (χ3v) is 3.54. The van der Waals surface area contributed by atoms with Crippen molar-refractivity contribution in [2.45, 2.75) is 41.2 Å². The summed E-state index contributed by atoms with van der Waals surface area (Å²) < 4.78 is 0.